The third-order valence-electron chi connectivity index (χ3n) is 5.03. The first-order valence-corrected chi connectivity index (χ1v) is 9.30. The molecule has 0 aliphatic rings. The van der Waals surface area contributed by atoms with E-state index in [0.717, 1.165) is 18.5 Å². The maximum Gasteiger partial charge on any atom is 0.416 e. The molecule has 1 N–H and O–H groups in total. The van der Waals surface area contributed by atoms with Crippen molar-refractivity contribution in [2.24, 2.45) is 0 Å². The van der Waals surface area contributed by atoms with Crippen molar-refractivity contribution in [1.82, 2.24) is 4.98 Å². The standard InChI is InChI=1S/C19H35NO2/c1-4-6-7-8-9-10-11-12-13-14-15-19(3,5-2)17-16-22-18(21)20-17/h16H,4-15H2,1-3H3,(H,20,21). The van der Waals surface area contributed by atoms with Crippen LogP contribution in [0.4, 0.5) is 0 Å². The molecule has 1 aromatic heterocycles. The average Bonchev–Trinajstić information content (AvgIpc) is 2.96. The van der Waals surface area contributed by atoms with Gasteiger partial charge in [0.2, 0.25) is 0 Å². The summed E-state index contributed by atoms with van der Waals surface area (Å²) < 4.78 is 4.90. The number of hydrogen-bond acceptors (Lipinski definition) is 2. The van der Waals surface area contributed by atoms with Gasteiger partial charge in [0.25, 0.3) is 0 Å². The Morgan fingerprint density at radius 3 is 1.95 bits per heavy atom. The summed E-state index contributed by atoms with van der Waals surface area (Å²) in [6, 6.07) is 0. The smallest absolute Gasteiger partial charge is 0.416 e. The van der Waals surface area contributed by atoms with E-state index in [1.165, 1.54) is 64.2 Å². The molecule has 3 heteroatoms. The summed E-state index contributed by atoms with van der Waals surface area (Å²) in [6.07, 6.45) is 17.3. The Morgan fingerprint density at radius 1 is 0.955 bits per heavy atom. The Labute approximate surface area is 135 Å². The van der Waals surface area contributed by atoms with E-state index in [1.807, 2.05) is 0 Å². The molecule has 1 rings (SSSR count). The Hall–Kier alpha value is -0.990. The first-order valence-electron chi connectivity index (χ1n) is 9.30. The van der Waals surface area contributed by atoms with Crippen LogP contribution in [0.1, 0.15) is 104 Å². The lowest BCUT2D eigenvalue weighted by atomic mass is 9.79. The number of hydrogen-bond donors (Lipinski definition) is 1. The van der Waals surface area contributed by atoms with Crippen molar-refractivity contribution in [3.63, 3.8) is 0 Å². The fourth-order valence-corrected chi connectivity index (χ4v) is 3.08. The van der Waals surface area contributed by atoms with E-state index in [9.17, 15) is 4.79 Å². The summed E-state index contributed by atoms with van der Waals surface area (Å²) in [4.78, 5) is 14.0. The molecule has 0 bridgehead atoms. The van der Waals surface area contributed by atoms with Crippen molar-refractivity contribution in [3.8, 4) is 0 Å². The highest BCUT2D eigenvalue weighted by Crippen LogP contribution is 2.31. The van der Waals surface area contributed by atoms with E-state index in [-0.39, 0.29) is 11.2 Å². The van der Waals surface area contributed by atoms with E-state index in [2.05, 4.69) is 25.8 Å². The van der Waals surface area contributed by atoms with E-state index < -0.39 is 0 Å². The predicted octanol–water partition coefficient (Wildman–Crippen LogP) is 5.95. The SMILES string of the molecule is CCCCCCCCCCCCC(C)(CC)c1coc(=O)[nH]1. The average molecular weight is 309 g/mol. The molecule has 1 unspecified atom stereocenters. The van der Waals surface area contributed by atoms with Crippen LogP contribution < -0.4 is 5.76 Å². The van der Waals surface area contributed by atoms with Crippen molar-refractivity contribution in [2.45, 2.75) is 103 Å². The predicted molar refractivity (Wildman–Crippen MR) is 93.4 cm³/mol. The molecule has 0 aliphatic carbocycles. The molecule has 0 radical (unpaired) electrons. The van der Waals surface area contributed by atoms with Gasteiger partial charge in [-0.3, -0.25) is 4.98 Å². The van der Waals surface area contributed by atoms with Gasteiger partial charge in [-0.1, -0.05) is 85.0 Å². The Morgan fingerprint density at radius 2 is 1.50 bits per heavy atom. The summed E-state index contributed by atoms with van der Waals surface area (Å²) in [7, 11) is 0. The minimum absolute atomic E-state index is 0.0479. The Balaban J connectivity index is 2.11. The van der Waals surface area contributed by atoms with Gasteiger partial charge in [-0.25, -0.2) is 4.79 Å². The van der Waals surface area contributed by atoms with Crippen LogP contribution in [0.3, 0.4) is 0 Å². The van der Waals surface area contributed by atoms with Gasteiger partial charge < -0.3 is 4.42 Å². The number of H-pyrrole nitrogens is 1. The van der Waals surface area contributed by atoms with Gasteiger partial charge in [-0.15, -0.1) is 0 Å². The van der Waals surface area contributed by atoms with Gasteiger partial charge in [0.1, 0.15) is 6.26 Å². The van der Waals surface area contributed by atoms with Crippen molar-refractivity contribution in [3.05, 3.63) is 22.5 Å². The van der Waals surface area contributed by atoms with Crippen LogP contribution in [0.15, 0.2) is 15.5 Å². The zero-order valence-corrected chi connectivity index (χ0v) is 14.9. The van der Waals surface area contributed by atoms with Crippen molar-refractivity contribution >= 4 is 0 Å². The van der Waals surface area contributed by atoms with Gasteiger partial charge in [0, 0.05) is 5.41 Å². The highest BCUT2D eigenvalue weighted by Gasteiger charge is 2.26. The molecule has 0 amide bonds. The maximum atomic E-state index is 11.2. The maximum absolute atomic E-state index is 11.2. The Bertz CT molecular complexity index is 435. The van der Waals surface area contributed by atoms with Gasteiger partial charge >= 0.3 is 5.76 Å². The van der Waals surface area contributed by atoms with Crippen LogP contribution in [-0.4, -0.2) is 4.98 Å². The van der Waals surface area contributed by atoms with Crippen LogP contribution in [-0.2, 0) is 5.41 Å². The van der Waals surface area contributed by atoms with Crippen LogP contribution in [0.25, 0.3) is 0 Å². The van der Waals surface area contributed by atoms with E-state index >= 15 is 0 Å². The second-order valence-corrected chi connectivity index (χ2v) is 6.91. The van der Waals surface area contributed by atoms with Gasteiger partial charge in [-0.2, -0.15) is 0 Å². The largest absolute Gasteiger partial charge is 0.416 e. The molecule has 0 aliphatic heterocycles. The minimum Gasteiger partial charge on any atom is -0.416 e. The first kappa shape index (κ1) is 19.1. The van der Waals surface area contributed by atoms with Crippen LogP contribution >= 0.6 is 0 Å². The molecular weight excluding hydrogens is 274 g/mol. The van der Waals surface area contributed by atoms with Gasteiger partial charge in [0.15, 0.2) is 0 Å². The zero-order chi connectivity index (χ0) is 16.3. The molecule has 0 aromatic carbocycles. The van der Waals surface area contributed by atoms with Gasteiger partial charge in [0.05, 0.1) is 5.69 Å². The molecule has 1 aromatic rings. The van der Waals surface area contributed by atoms with E-state index in [0.29, 0.717) is 0 Å². The third kappa shape index (κ3) is 6.85. The zero-order valence-electron chi connectivity index (χ0n) is 14.9. The first-order chi connectivity index (χ1) is 10.6. The van der Waals surface area contributed by atoms with Crippen LogP contribution in [0, 0.1) is 0 Å². The lowest BCUT2D eigenvalue weighted by Crippen LogP contribution is -2.22. The molecule has 1 atom stereocenters. The van der Waals surface area contributed by atoms with Crippen LogP contribution in [0.2, 0.25) is 0 Å². The molecule has 0 fully saturated rings. The highest BCUT2D eigenvalue weighted by molar-refractivity contribution is 5.09. The lowest BCUT2D eigenvalue weighted by molar-refractivity contribution is 0.382. The van der Waals surface area contributed by atoms with Crippen molar-refractivity contribution < 1.29 is 4.42 Å². The highest BCUT2D eigenvalue weighted by atomic mass is 16.4. The third-order valence-corrected chi connectivity index (χ3v) is 5.03. The molecule has 0 saturated carbocycles. The van der Waals surface area contributed by atoms with Crippen LogP contribution in [0.5, 0.6) is 0 Å². The summed E-state index contributed by atoms with van der Waals surface area (Å²) in [6.45, 7) is 6.67. The summed E-state index contributed by atoms with van der Waals surface area (Å²) >= 11 is 0. The van der Waals surface area contributed by atoms with E-state index in [1.54, 1.807) is 6.26 Å². The normalized spacial score (nSPS) is 14.1. The number of nitrogens with one attached hydrogen (secondary N) is 1. The molecule has 0 spiro atoms. The molecule has 128 valence electrons. The Kier molecular flexibility index (Phi) is 9.26. The molecule has 3 nitrogen and oxygen atoms in total. The van der Waals surface area contributed by atoms with Crippen molar-refractivity contribution in [1.29, 1.82) is 0 Å². The van der Waals surface area contributed by atoms with Gasteiger partial charge in [-0.05, 0) is 12.8 Å². The van der Waals surface area contributed by atoms with E-state index in [4.69, 9.17) is 4.42 Å². The summed E-state index contributed by atoms with van der Waals surface area (Å²) in [5, 5.41) is 0. The fourth-order valence-electron chi connectivity index (χ4n) is 3.08. The fraction of sp³-hybridized carbons (Fsp3) is 0.842. The molecular formula is C19H35NO2. The lowest BCUT2D eigenvalue weighted by Gasteiger charge is -2.26. The number of rotatable bonds is 13. The monoisotopic (exact) mass is 309 g/mol. The number of aromatic amines is 1. The number of aromatic nitrogens is 1. The second kappa shape index (κ2) is 10.7. The number of oxazole rings is 1. The number of unbranched alkanes of at least 4 members (excludes halogenated alkanes) is 9. The summed E-state index contributed by atoms with van der Waals surface area (Å²) in [5.41, 5.74) is 1.00. The molecule has 0 saturated heterocycles. The molecule has 22 heavy (non-hydrogen) atoms. The minimum atomic E-state index is -0.335. The molecule has 1 heterocycles. The van der Waals surface area contributed by atoms with Crippen molar-refractivity contribution in [2.75, 3.05) is 0 Å². The topological polar surface area (TPSA) is 46.0 Å². The second-order valence-electron chi connectivity index (χ2n) is 6.91. The summed E-state index contributed by atoms with van der Waals surface area (Å²) in [5.74, 6) is -0.335. The quantitative estimate of drug-likeness (QED) is 0.458.